The molecule has 0 unspecified atom stereocenters. The summed E-state index contributed by atoms with van der Waals surface area (Å²) in [7, 11) is 0. The smallest absolute Gasteiger partial charge is 0.101 e. The zero-order chi connectivity index (χ0) is 13.5. The quantitative estimate of drug-likeness (QED) is 0.900. The van der Waals surface area contributed by atoms with Crippen LogP contribution in [-0.4, -0.2) is 31.1 Å². The molecule has 0 amide bonds. The van der Waals surface area contributed by atoms with Crippen molar-refractivity contribution in [1.82, 2.24) is 4.90 Å². The van der Waals surface area contributed by atoms with E-state index in [1.54, 1.807) is 0 Å². The average molecular weight is 257 g/mol. The fourth-order valence-corrected chi connectivity index (χ4v) is 2.61. The molecule has 1 saturated heterocycles. The van der Waals surface area contributed by atoms with Crippen molar-refractivity contribution in [3.05, 3.63) is 29.3 Å². The Hall–Kier alpha value is -1.53. The Morgan fingerprint density at radius 1 is 1.21 bits per heavy atom. The summed E-state index contributed by atoms with van der Waals surface area (Å²) in [6.07, 6.45) is 5.41. The minimum absolute atomic E-state index is 0.737. The number of nitrogens with one attached hydrogen (secondary N) is 1. The highest BCUT2D eigenvalue weighted by Gasteiger charge is 2.08. The highest BCUT2D eigenvalue weighted by atomic mass is 15.1. The molecular formula is C16H23N3. The minimum Gasteiger partial charge on any atom is -0.383 e. The van der Waals surface area contributed by atoms with Crippen LogP contribution in [0.4, 0.5) is 5.69 Å². The first-order valence-electron chi connectivity index (χ1n) is 7.26. The van der Waals surface area contributed by atoms with Gasteiger partial charge in [-0.1, -0.05) is 18.9 Å². The maximum atomic E-state index is 9.09. The topological polar surface area (TPSA) is 39.1 Å². The van der Waals surface area contributed by atoms with E-state index < -0.39 is 0 Å². The second kappa shape index (κ2) is 7.16. The third-order valence-electron chi connectivity index (χ3n) is 3.74. The van der Waals surface area contributed by atoms with Crippen molar-refractivity contribution in [2.75, 3.05) is 31.5 Å². The van der Waals surface area contributed by atoms with E-state index in [-0.39, 0.29) is 0 Å². The Balaban J connectivity index is 1.85. The van der Waals surface area contributed by atoms with Gasteiger partial charge in [-0.2, -0.15) is 5.26 Å². The zero-order valence-electron chi connectivity index (χ0n) is 11.8. The van der Waals surface area contributed by atoms with Crippen LogP contribution in [0, 0.1) is 18.3 Å². The molecule has 2 rings (SSSR count). The third kappa shape index (κ3) is 4.25. The largest absolute Gasteiger partial charge is 0.383 e. The lowest BCUT2D eigenvalue weighted by atomic mass is 10.1. The van der Waals surface area contributed by atoms with Gasteiger partial charge >= 0.3 is 0 Å². The second-order valence-electron chi connectivity index (χ2n) is 5.34. The molecular weight excluding hydrogens is 234 g/mol. The molecule has 0 bridgehead atoms. The van der Waals surface area contributed by atoms with Crippen molar-refractivity contribution in [2.45, 2.75) is 32.6 Å². The van der Waals surface area contributed by atoms with Gasteiger partial charge < -0.3 is 10.2 Å². The molecule has 3 heteroatoms. The fraction of sp³-hybridized carbons (Fsp3) is 0.562. The van der Waals surface area contributed by atoms with Crippen LogP contribution < -0.4 is 5.32 Å². The van der Waals surface area contributed by atoms with Crippen LogP contribution in [0.25, 0.3) is 0 Å². The number of benzene rings is 1. The van der Waals surface area contributed by atoms with Crippen LogP contribution in [0.3, 0.4) is 0 Å². The van der Waals surface area contributed by atoms with Gasteiger partial charge in [0.1, 0.15) is 6.07 Å². The van der Waals surface area contributed by atoms with Gasteiger partial charge in [0.25, 0.3) is 0 Å². The lowest BCUT2D eigenvalue weighted by molar-refractivity contribution is 0.296. The SMILES string of the molecule is Cc1ccc(C#N)c(NCCN2CCCCCC2)c1. The molecule has 0 aromatic heterocycles. The molecule has 1 fully saturated rings. The zero-order valence-corrected chi connectivity index (χ0v) is 11.8. The summed E-state index contributed by atoms with van der Waals surface area (Å²) in [5, 5.41) is 12.5. The normalized spacial score (nSPS) is 16.6. The van der Waals surface area contributed by atoms with Crippen molar-refractivity contribution in [3.63, 3.8) is 0 Å². The molecule has 1 heterocycles. The predicted molar refractivity (Wildman–Crippen MR) is 79.3 cm³/mol. The number of nitrogens with zero attached hydrogens (tertiary/aromatic N) is 2. The molecule has 102 valence electrons. The monoisotopic (exact) mass is 257 g/mol. The molecule has 0 spiro atoms. The van der Waals surface area contributed by atoms with Gasteiger partial charge in [0.15, 0.2) is 0 Å². The molecule has 3 nitrogen and oxygen atoms in total. The number of nitriles is 1. The van der Waals surface area contributed by atoms with E-state index in [1.807, 2.05) is 12.1 Å². The Morgan fingerprint density at radius 3 is 2.63 bits per heavy atom. The van der Waals surface area contributed by atoms with Gasteiger partial charge in [-0.25, -0.2) is 0 Å². The molecule has 1 aliphatic heterocycles. The molecule has 1 aromatic rings. The summed E-state index contributed by atoms with van der Waals surface area (Å²) < 4.78 is 0. The lowest BCUT2D eigenvalue weighted by Gasteiger charge is -2.20. The number of anilines is 1. The van der Waals surface area contributed by atoms with Crippen molar-refractivity contribution in [2.24, 2.45) is 0 Å². The summed E-state index contributed by atoms with van der Waals surface area (Å²) in [4.78, 5) is 2.53. The van der Waals surface area contributed by atoms with Crippen molar-refractivity contribution in [1.29, 1.82) is 5.26 Å². The van der Waals surface area contributed by atoms with E-state index in [9.17, 15) is 0 Å². The fourth-order valence-electron chi connectivity index (χ4n) is 2.61. The van der Waals surface area contributed by atoms with E-state index >= 15 is 0 Å². The second-order valence-corrected chi connectivity index (χ2v) is 5.34. The van der Waals surface area contributed by atoms with Crippen molar-refractivity contribution < 1.29 is 0 Å². The molecule has 0 radical (unpaired) electrons. The molecule has 1 N–H and O–H groups in total. The standard InChI is InChI=1S/C16H23N3/c1-14-6-7-15(13-17)16(12-14)18-8-11-19-9-4-2-3-5-10-19/h6-7,12,18H,2-5,8-11H2,1H3. The number of rotatable bonds is 4. The van der Waals surface area contributed by atoms with Gasteiger partial charge in [-0.15, -0.1) is 0 Å². The maximum Gasteiger partial charge on any atom is 0.101 e. The Kier molecular flexibility index (Phi) is 5.23. The van der Waals surface area contributed by atoms with Crippen LogP contribution in [-0.2, 0) is 0 Å². The van der Waals surface area contributed by atoms with Gasteiger partial charge in [-0.05, 0) is 50.6 Å². The first-order chi connectivity index (χ1) is 9.29. The maximum absolute atomic E-state index is 9.09. The number of aryl methyl sites for hydroxylation is 1. The van der Waals surface area contributed by atoms with Crippen LogP contribution in [0.5, 0.6) is 0 Å². The molecule has 1 aromatic carbocycles. The van der Waals surface area contributed by atoms with Gasteiger partial charge in [-0.3, -0.25) is 0 Å². The summed E-state index contributed by atoms with van der Waals surface area (Å²) in [6, 6.07) is 8.18. The van der Waals surface area contributed by atoms with Gasteiger partial charge in [0.05, 0.1) is 11.3 Å². The molecule has 0 aliphatic carbocycles. The Bertz CT molecular complexity index is 440. The highest BCUT2D eigenvalue weighted by Crippen LogP contribution is 2.16. The molecule has 19 heavy (non-hydrogen) atoms. The Morgan fingerprint density at radius 2 is 1.95 bits per heavy atom. The van der Waals surface area contributed by atoms with E-state index in [4.69, 9.17) is 5.26 Å². The summed E-state index contributed by atoms with van der Waals surface area (Å²) in [5.74, 6) is 0. The van der Waals surface area contributed by atoms with Crippen LogP contribution >= 0.6 is 0 Å². The molecule has 1 aliphatic rings. The van der Waals surface area contributed by atoms with Crippen molar-refractivity contribution in [3.8, 4) is 6.07 Å². The third-order valence-corrected chi connectivity index (χ3v) is 3.74. The van der Waals surface area contributed by atoms with Gasteiger partial charge in [0, 0.05) is 13.1 Å². The van der Waals surface area contributed by atoms with Crippen LogP contribution in [0.2, 0.25) is 0 Å². The predicted octanol–water partition coefficient (Wildman–Crippen LogP) is 3.15. The minimum atomic E-state index is 0.737. The summed E-state index contributed by atoms with van der Waals surface area (Å²) in [5.41, 5.74) is 2.90. The van der Waals surface area contributed by atoms with Gasteiger partial charge in [0.2, 0.25) is 0 Å². The number of hydrogen-bond donors (Lipinski definition) is 1. The summed E-state index contributed by atoms with van der Waals surface area (Å²) >= 11 is 0. The molecule has 0 atom stereocenters. The number of hydrogen-bond acceptors (Lipinski definition) is 3. The summed E-state index contributed by atoms with van der Waals surface area (Å²) in [6.45, 7) is 6.49. The lowest BCUT2D eigenvalue weighted by Crippen LogP contribution is -2.30. The van der Waals surface area contributed by atoms with E-state index in [2.05, 4.69) is 29.3 Å². The van der Waals surface area contributed by atoms with E-state index in [0.717, 1.165) is 24.3 Å². The van der Waals surface area contributed by atoms with E-state index in [0.29, 0.717) is 0 Å². The van der Waals surface area contributed by atoms with Crippen molar-refractivity contribution >= 4 is 5.69 Å². The highest BCUT2D eigenvalue weighted by molar-refractivity contribution is 5.58. The first kappa shape index (κ1) is 13.9. The van der Waals surface area contributed by atoms with Crippen LogP contribution in [0.1, 0.15) is 36.8 Å². The number of likely N-dealkylation sites (tertiary alicyclic amines) is 1. The Labute approximate surface area is 116 Å². The first-order valence-corrected chi connectivity index (χ1v) is 7.26. The average Bonchev–Trinajstić information content (AvgIpc) is 2.68. The van der Waals surface area contributed by atoms with E-state index in [1.165, 1.54) is 44.3 Å². The molecule has 0 saturated carbocycles. The van der Waals surface area contributed by atoms with Crippen LogP contribution in [0.15, 0.2) is 18.2 Å².